The highest BCUT2D eigenvalue weighted by Gasteiger charge is 2.40. The van der Waals surface area contributed by atoms with Gasteiger partial charge in [0.15, 0.2) is 11.5 Å². The SMILES string of the molecule is COc1cc(F)c(C2(CN)CCC2)cc1OC. The molecule has 3 nitrogen and oxygen atoms in total. The Kier molecular flexibility index (Phi) is 3.24. The first kappa shape index (κ1) is 12.2. The van der Waals surface area contributed by atoms with Crippen molar-refractivity contribution in [2.24, 2.45) is 5.73 Å². The molecule has 1 aliphatic rings. The van der Waals surface area contributed by atoms with Gasteiger partial charge < -0.3 is 15.2 Å². The molecule has 17 heavy (non-hydrogen) atoms. The topological polar surface area (TPSA) is 44.5 Å². The molecule has 1 aromatic carbocycles. The second kappa shape index (κ2) is 4.53. The van der Waals surface area contributed by atoms with Crippen LogP contribution in [0.5, 0.6) is 11.5 Å². The van der Waals surface area contributed by atoms with Gasteiger partial charge in [0.1, 0.15) is 5.82 Å². The summed E-state index contributed by atoms with van der Waals surface area (Å²) in [7, 11) is 3.05. The molecule has 0 unspecified atom stereocenters. The van der Waals surface area contributed by atoms with E-state index in [1.807, 2.05) is 0 Å². The van der Waals surface area contributed by atoms with Gasteiger partial charge in [0, 0.05) is 18.0 Å². The molecule has 2 rings (SSSR count). The number of rotatable bonds is 4. The fourth-order valence-electron chi connectivity index (χ4n) is 2.45. The second-order valence-corrected chi connectivity index (χ2v) is 4.53. The lowest BCUT2D eigenvalue weighted by Crippen LogP contribution is -2.42. The Morgan fingerprint density at radius 2 is 1.82 bits per heavy atom. The number of halogens is 1. The Bertz CT molecular complexity index is 411. The minimum Gasteiger partial charge on any atom is -0.493 e. The molecule has 0 saturated heterocycles. The van der Waals surface area contributed by atoms with Gasteiger partial charge in [-0.1, -0.05) is 6.42 Å². The van der Waals surface area contributed by atoms with E-state index >= 15 is 0 Å². The number of nitrogens with two attached hydrogens (primary N) is 1. The second-order valence-electron chi connectivity index (χ2n) is 4.53. The molecule has 0 aromatic heterocycles. The standard InChI is InChI=1S/C13H18FNO2/c1-16-11-6-9(10(14)7-12(11)17-2)13(8-15)4-3-5-13/h6-7H,3-5,8,15H2,1-2H3. The predicted octanol–water partition coefficient (Wildman–Crippen LogP) is 2.22. The van der Waals surface area contributed by atoms with Crippen LogP contribution in [0.15, 0.2) is 12.1 Å². The lowest BCUT2D eigenvalue weighted by atomic mass is 9.64. The Labute approximate surface area is 101 Å². The minimum atomic E-state index is -0.257. The number of hydrogen-bond acceptors (Lipinski definition) is 3. The van der Waals surface area contributed by atoms with Crippen LogP contribution in [0.4, 0.5) is 4.39 Å². The van der Waals surface area contributed by atoms with Crippen LogP contribution >= 0.6 is 0 Å². The molecule has 1 aromatic rings. The highest BCUT2D eigenvalue weighted by molar-refractivity contribution is 5.47. The van der Waals surface area contributed by atoms with Crippen molar-refractivity contribution in [1.82, 2.24) is 0 Å². The highest BCUT2D eigenvalue weighted by Crippen LogP contribution is 2.46. The summed E-state index contributed by atoms with van der Waals surface area (Å²) in [5.74, 6) is 0.719. The first-order chi connectivity index (χ1) is 8.16. The average molecular weight is 239 g/mol. The molecule has 0 radical (unpaired) electrons. The third-order valence-corrected chi connectivity index (χ3v) is 3.75. The van der Waals surface area contributed by atoms with E-state index in [0.717, 1.165) is 19.3 Å². The Hall–Kier alpha value is -1.29. The van der Waals surface area contributed by atoms with Gasteiger partial charge in [0.25, 0.3) is 0 Å². The molecule has 4 heteroatoms. The van der Waals surface area contributed by atoms with E-state index in [9.17, 15) is 4.39 Å². The molecule has 0 heterocycles. The van der Waals surface area contributed by atoms with E-state index in [2.05, 4.69) is 0 Å². The maximum atomic E-state index is 14.1. The molecule has 0 atom stereocenters. The third kappa shape index (κ3) is 1.86. The van der Waals surface area contributed by atoms with E-state index < -0.39 is 0 Å². The van der Waals surface area contributed by atoms with Gasteiger partial charge in [-0.05, 0) is 24.5 Å². The smallest absolute Gasteiger partial charge is 0.163 e. The van der Waals surface area contributed by atoms with Crippen molar-refractivity contribution < 1.29 is 13.9 Å². The molecular weight excluding hydrogens is 221 g/mol. The van der Waals surface area contributed by atoms with Crippen molar-refractivity contribution in [1.29, 1.82) is 0 Å². The molecule has 2 N–H and O–H groups in total. The summed E-state index contributed by atoms with van der Waals surface area (Å²) in [6.07, 6.45) is 2.98. The zero-order valence-corrected chi connectivity index (χ0v) is 10.3. The van der Waals surface area contributed by atoms with E-state index in [0.29, 0.717) is 23.6 Å². The van der Waals surface area contributed by atoms with E-state index in [4.69, 9.17) is 15.2 Å². The van der Waals surface area contributed by atoms with Gasteiger partial charge in [0.2, 0.25) is 0 Å². The molecule has 94 valence electrons. The van der Waals surface area contributed by atoms with Crippen LogP contribution < -0.4 is 15.2 Å². The van der Waals surface area contributed by atoms with Gasteiger partial charge in [0.05, 0.1) is 14.2 Å². The zero-order valence-electron chi connectivity index (χ0n) is 10.3. The third-order valence-electron chi connectivity index (χ3n) is 3.75. The van der Waals surface area contributed by atoms with Crippen LogP contribution in [0.25, 0.3) is 0 Å². The van der Waals surface area contributed by atoms with Crippen molar-refractivity contribution in [2.75, 3.05) is 20.8 Å². The fraction of sp³-hybridized carbons (Fsp3) is 0.538. The first-order valence-corrected chi connectivity index (χ1v) is 5.79. The fourth-order valence-corrected chi connectivity index (χ4v) is 2.45. The normalized spacial score (nSPS) is 17.4. The number of methoxy groups -OCH3 is 2. The number of hydrogen-bond donors (Lipinski definition) is 1. The molecule has 0 bridgehead atoms. The summed E-state index contributed by atoms with van der Waals surface area (Å²) in [6.45, 7) is 0.472. The van der Waals surface area contributed by atoms with Crippen LogP contribution in [-0.2, 0) is 5.41 Å². The summed E-state index contributed by atoms with van der Waals surface area (Å²) in [5, 5.41) is 0. The van der Waals surface area contributed by atoms with Gasteiger partial charge in [-0.25, -0.2) is 4.39 Å². The van der Waals surface area contributed by atoms with Crippen LogP contribution in [0.1, 0.15) is 24.8 Å². The average Bonchev–Trinajstić information content (AvgIpc) is 2.29. The largest absolute Gasteiger partial charge is 0.493 e. The van der Waals surface area contributed by atoms with Gasteiger partial charge in [-0.3, -0.25) is 0 Å². The maximum absolute atomic E-state index is 14.1. The van der Waals surface area contributed by atoms with Crippen molar-refractivity contribution in [2.45, 2.75) is 24.7 Å². The van der Waals surface area contributed by atoms with E-state index in [-0.39, 0.29) is 11.2 Å². The quantitative estimate of drug-likeness (QED) is 0.876. The van der Waals surface area contributed by atoms with Crippen LogP contribution in [-0.4, -0.2) is 20.8 Å². The first-order valence-electron chi connectivity index (χ1n) is 5.79. The molecule has 0 spiro atoms. The number of benzene rings is 1. The lowest BCUT2D eigenvalue weighted by Gasteiger charge is -2.41. The molecule has 1 aliphatic carbocycles. The monoisotopic (exact) mass is 239 g/mol. The Morgan fingerprint density at radius 3 is 2.24 bits per heavy atom. The molecule has 1 saturated carbocycles. The van der Waals surface area contributed by atoms with E-state index in [1.165, 1.54) is 13.2 Å². The van der Waals surface area contributed by atoms with Crippen LogP contribution in [0.3, 0.4) is 0 Å². The van der Waals surface area contributed by atoms with Crippen LogP contribution in [0, 0.1) is 5.82 Å². The summed E-state index contributed by atoms with van der Waals surface area (Å²) in [5.41, 5.74) is 6.24. The van der Waals surface area contributed by atoms with Gasteiger partial charge in [-0.2, -0.15) is 0 Å². The van der Waals surface area contributed by atoms with Crippen molar-refractivity contribution in [3.8, 4) is 11.5 Å². The summed E-state index contributed by atoms with van der Waals surface area (Å²) in [4.78, 5) is 0. The highest BCUT2D eigenvalue weighted by atomic mass is 19.1. The molecule has 0 amide bonds. The molecule has 1 fully saturated rings. The van der Waals surface area contributed by atoms with E-state index in [1.54, 1.807) is 13.2 Å². The predicted molar refractivity (Wildman–Crippen MR) is 64.1 cm³/mol. The van der Waals surface area contributed by atoms with Gasteiger partial charge in [-0.15, -0.1) is 0 Å². The molecule has 0 aliphatic heterocycles. The minimum absolute atomic E-state index is 0.205. The van der Waals surface area contributed by atoms with Crippen molar-refractivity contribution in [3.63, 3.8) is 0 Å². The lowest BCUT2D eigenvalue weighted by molar-refractivity contribution is 0.242. The summed E-state index contributed by atoms with van der Waals surface area (Å²) < 4.78 is 24.3. The number of ether oxygens (including phenoxy) is 2. The summed E-state index contributed by atoms with van der Waals surface area (Å²) >= 11 is 0. The maximum Gasteiger partial charge on any atom is 0.163 e. The van der Waals surface area contributed by atoms with Crippen molar-refractivity contribution >= 4 is 0 Å². The van der Waals surface area contributed by atoms with Crippen molar-refractivity contribution in [3.05, 3.63) is 23.5 Å². The zero-order chi connectivity index (χ0) is 12.5. The van der Waals surface area contributed by atoms with Gasteiger partial charge >= 0.3 is 0 Å². The Morgan fingerprint density at radius 1 is 1.24 bits per heavy atom. The Balaban J connectivity index is 2.47. The molecular formula is C13H18FNO2. The van der Waals surface area contributed by atoms with Crippen LogP contribution in [0.2, 0.25) is 0 Å². The summed E-state index contributed by atoms with van der Waals surface area (Å²) in [6, 6.07) is 3.10.